The minimum Gasteiger partial charge on any atom is -0.469 e. The zero-order valence-electron chi connectivity index (χ0n) is 11.0. The van der Waals surface area contributed by atoms with Crippen molar-refractivity contribution < 1.29 is 14.3 Å². The summed E-state index contributed by atoms with van der Waals surface area (Å²) in [6.45, 7) is 0.240. The average Bonchev–Trinajstić information content (AvgIpc) is 2.91. The van der Waals surface area contributed by atoms with Crippen LogP contribution in [-0.4, -0.2) is 34.8 Å². The quantitative estimate of drug-likeness (QED) is 0.815. The molecule has 0 unspecified atom stereocenters. The van der Waals surface area contributed by atoms with Crippen molar-refractivity contribution in [1.82, 2.24) is 15.1 Å². The van der Waals surface area contributed by atoms with Crippen LogP contribution in [0.1, 0.15) is 25.7 Å². The van der Waals surface area contributed by atoms with E-state index in [1.807, 2.05) is 0 Å². The summed E-state index contributed by atoms with van der Waals surface area (Å²) in [6.07, 6.45) is 6.61. The summed E-state index contributed by atoms with van der Waals surface area (Å²) in [5.41, 5.74) is 0. The Kier molecular flexibility index (Phi) is 4.54. The molecule has 1 amide bonds. The van der Waals surface area contributed by atoms with Gasteiger partial charge in [-0.05, 0) is 31.7 Å². The van der Waals surface area contributed by atoms with E-state index in [9.17, 15) is 9.59 Å². The summed E-state index contributed by atoms with van der Waals surface area (Å²) in [7, 11) is 1.42. The first kappa shape index (κ1) is 13.6. The number of nitrogens with zero attached hydrogens (tertiary/aromatic N) is 2. The van der Waals surface area contributed by atoms with E-state index in [1.54, 1.807) is 23.1 Å². The zero-order valence-corrected chi connectivity index (χ0v) is 11.0. The van der Waals surface area contributed by atoms with Crippen molar-refractivity contribution in [3.63, 3.8) is 0 Å². The van der Waals surface area contributed by atoms with E-state index in [1.165, 1.54) is 7.11 Å². The number of amides is 1. The summed E-state index contributed by atoms with van der Waals surface area (Å²) in [5, 5.41) is 6.97. The van der Waals surface area contributed by atoms with Crippen molar-refractivity contribution in [3.05, 3.63) is 18.5 Å². The molecule has 1 aliphatic carbocycles. The molecule has 1 aliphatic rings. The zero-order chi connectivity index (χ0) is 13.7. The molecule has 1 N–H and O–H groups in total. The Morgan fingerprint density at radius 3 is 2.68 bits per heavy atom. The molecule has 0 spiro atoms. The lowest BCUT2D eigenvalue weighted by Gasteiger charge is -2.27. The maximum atomic E-state index is 11.8. The predicted octanol–water partition coefficient (Wildman–Crippen LogP) is 0.731. The maximum Gasteiger partial charge on any atom is 0.308 e. The molecule has 0 radical (unpaired) electrons. The summed E-state index contributed by atoms with van der Waals surface area (Å²) in [6, 6.07) is 1.94. The number of hydrogen-bond donors (Lipinski definition) is 1. The molecule has 6 heteroatoms. The first-order chi connectivity index (χ1) is 9.19. The van der Waals surface area contributed by atoms with E-state index < -0.39 is 0 Å². The number of carbonyl (C=O) groups is 2. The summed E-state index contributed by atoms with van der Waals surface area (Å²) in [4.78, 5) is 23.2. The number of esters is 1. The summed E-state index contributed by atoms with van der Waals surface area (Å²) >= 11 is 0. The Bertz CT molecular complexity index is 422. The second-order valence-corrected chi connectivity index (χ2v) is 4.84. The fraction of sp³-hybridized carbons (Fsp3) is 0.615. The fourth-order valence-electron chi connectivity index (χ4n) is 2.45. The van der Waals surface area contributed by atoms with Gasteiger partial charge in [0.2, 0.25) is 5.91 Å². The molecule has 19 heavy (non-hydrogen) atoms. The Labute approximate surface area is 112 Å². The van der Waals surface area contributed by atoms with Crippen LogP contribution < -0.4 is 5.32 Å². The van der Waals surface area contributed by atoms with Crippen molar-refractivity contribution in [2.24, 2.45) is 5.92 Å². The molecule has 1 heterocycles. The monoisotopic (exact) mass is 265 g/mol. The molecule has 0 saturated heterocycles. The molecule has 2 rings (SSSR count). The lowest BCUT2D eigenvalue weighted by Crippen LogP contribution is -2.40. The van der Waals surface area contributed by atoms with Gasteiger partial charge in [-0.15, -0.1) is 0 Å². The Balaban J connectivity index is 1.73. The van der Waals surface area contributed by atoms with E-state index >= 15 is 0 Å². The van der Waals surface area contributed by atoms with Crippen LogP contribution in [0.25, 0.3) is 0 Å². The van der Waals surface area contributed by atoms with E-state index in [2.05, 4.69) is 10.4 Å². The highest BCUT2D eigenvalue weighted by atomic mass is 16.5. The van der Waals surface area contributed by atoms with Crippen LogP contribution in [0.4, 0.5) is 0 Å². The van der Waals surface area contributed by atoms with Gasteiger partial charge in [-0.1, -0.05) is 0 Å². The normalized spacial score (nSPS) is 22.8. The number of rotatable bonds is 4. The van der Waals surface area contributed by atoms with Gasteiger partial charge < -0.3 is 10.1 Å². The third kappa shape index (κ3) is 3.81. The molecule has 0 atom stereocenters. The topological polar surface area (TPSA) is 73.2 Å². The minimum atomic E-state index is -0.138. The van der Waals surface area contributed by atoms with Gasteiger partial charge in [0.25, 0.3) is 0 Å². The number of ether oxygens (including phenoxy) is 1. The van der Waals surface area contributed by atoms with Crippen LogP contribution in [0.3, 0.4) is 0 Å². The molecule has 1 aromatic rings. The summed E-state index contributed by atoms with van der Waals surface area (Å²) < 4.78 is 6.33. The molecule has 1 aromatic heterocycles. The molecule has 1 fully saturated rings. The average molecular weight is 265 g/mol. The van der Waals surface area contributed by atoms with Crippen LogP contribution in [0.15, 0.2) is 18.5 Å². The number of carbonyl (C=O) groups excluding carboxylic acids is 2. The smallest absolute Gasteiger partial charge is 0.308 e. The van der Waals surface area contributed by atoms with Crippen molar-refractivity contribution in [2.75, 3.05) is 7.11 Å². The van der Waals surface area contributed by atoms with Crippen LogP contribution in [-0.2, 0) is 20.9 Å². The van der Waals surface area contributed by atoms with Gasteiger partial charge in [0.05, 0.1) is 13.0 Å². The summed E-state index contributed by atoms with van der Waals surface area (Å²) in [5.74, 6) is -0.184. The molecule has 1 saturated carbocycles. The number of nitrogens with one attached hydrogen (secondary N) is 1. The molecular weight excluding hydrogens is 246 g/mol. The highest BCUT2D eigenvalue weighted by Gasteiger charge is 2.27. The molecular formula is C13H19N3O3. The van der Waals surface area contributed by atoms with Gasteiger partial charge in [-0.2, -0.15) is 5.10 Å². The lowest BCUT2D eigenvalue weighted by molar-refractivity contribution is -0.146. The second kappa shape index (κ2) is 6.36. The van der Waals surface area contributed by atoms with Crippen LogP contribution >= 0.6 is 0 Å². The lowest BCUT2D eigenvalue weighted by atomic mass is 9.86. The number of aromatic nitrogens is 2. The van der Waals surface area contributed by atoms with Crippen molar-refractivity contribution in [3.8, 4) is 0 Å². The van der Waals surface area contributed by atoms with Crippen molar-refractivity contribution >= 4 is 11.9 Å². The predicted molar refractivity (Wildman–Crippen MR) is 68.1 cm³/mol. The van der Waals surface area contributed by atoms with Crippen LogP contribution in [0.5, 0.6) is 0 Å². The van der Waals surface area contributed by atoms with Crippen LogP contribution in [0.2, 0.25) is 0 Å². The largest absolute Gasteiger partial charge is 0.469 e. The Morgan fingerprint density at radius 2 is 2.11 bits per heavy atom. The van der Waals surface area contributed by atoms with Gasteiger partial charge in [-0.25, -0.2) is 0 Å². The van der Waals surface area contributed by atoms with E-state index in [0.29, 0.717) is 0 Å². The van der Waals surface area contributed by atoms with Crippen molar-refractivity contribution in [2.45, 2.75) is 38.3 Å². The second-order valence-electron chi connectivity index (χ2n) is 4.84. The first-order valence-electron chi connectivity index (χ1n) is 6.53. The third-order valence-corrected chi connectivity index (χ3v) is 3.49. The van der Waals surface area contributed by atoms with Crippen molar-refractivity contribution in [1.29, 1.82) is 0 Å². The van der Waals surface area contributed by atoms with E-state index in [-0.39, 0.29) is 30.4 Å². The molecule has 104 valence electrons. The molecule has 0 bridgehead atoms. The third-order valence-electron chi connectivity index (χ3n) is 3.49. The minimum absolute atomic E-state index is 0.00994. The highest BCUT2D eigenvalue weighted by molar-refractivity contribution is 5.76. The molecule has 0 aromatic carbocycles. The van der Waals surface area contributed by atoms with Gasteiger partial charge in [0.15, 0.2) is 0 Å². The Hall–Kier alpha value is -1.85. The van der Waals surface area contributed by atoms with E-state index in [4.69, 9.17) is 4.74 Å². The van der Waals surface area contributed by atoms with Gasteiger partial charge >= 0.3 is 5.97 Å². The first-order valence-corrected chi connectivity index (χ1v) is 6.53. The maximum absolute atomic E-state index is 11.8. The number of methoxy groups -OCH3 is 1. The van der Waals surface area contributed by atoms with Gasteiger partial charge in [0.1, 0.15) is 6.54 Å². The Morgan fingerprint density at radius 1 is 1.37 bits per heavy atom. The van der Waals surface area contributed by atoms with E-state index in [0.717, 1.165) is 25.7 Å². The fourth-order valence-corrected chi connectivity index (χ4v) is 2.45. The number of hydrogen-bond acceptors (Lipinski definition) is 4. The standard InChI is InChI=1S/C13H19N3O3/c1-19-13(18)10-3-5-11(6-4-10)15-12(17)9-16-8-2-7-14-16/h2,7-8,10-11H,3-6,9H2,1H3,(H,15,17). The highest BCUT2D eigenvalue weighted by Crippen LogP contribution is 2.25. The van der Waals surface area contributed by atoms with Gasteiger partial charge in [0, 0.05) is 18.4 Å². The molecule has 0 aliphatic heterocycles. The SMILES string of the molecule is COC(=O)C1CCC(NC(=O)Cn2cccn2)CC1. The van der Waals surface area contributed by atoms with Crippen LogP contribution in [0, 0.1) is 5.92 Å². The van der Waals surface area contributed by atoms with Gasteiger partial charge in [-0.3, -0.25) is 14.3 Å². The molecule has 6 nitrogen and oxygen atoms in total.